The molecule has 8 nitrogen and oxygen atoms in total. The molecule has 0 radical (unpaired) electrons. The van der Waals surface area contributed by atoms with E-state index in [2.05, 4.69) is 25.2 Å². The number of hydrogen-bond acceptors (Lipinski definition) is 7. The van der Waals surface area contributed by atoms with Crippen molar-refractivity contribution in [2.24, 2.45) is 5.10 Å². The highest BCUT2D eigenvalue weighted by atomic mass is 16.5. The lowest BCUT2D eigenvalue weighted by Gasteiger charge is -2.12. The van der Waals surface area contributed by atoms with E-state index in [1.807, 2.05) is 31.2 Å². The first-order valence-electron chi connectivity index (χ1n) is 8.51. The molecule has 1 amide bonds. The van der Waals surface area contributed by atoms with Crippen molar-refractivity contribution in [2.75, 3.05) is 14.2 Å². The summed E-state index contributed by atoms with van der Waals surface area (Å²) >= 11 is 0. The average Bonchev–Trinajstić information content (AvgIpc) is 2.72. The third kappa shape index (κ3) is 4.53. The van der Waals surface area contributed by atoms with Crippen molar-refractivity contribution in [3.8, 4) is 11.5 Å². The van der Waals surface area contributed by atoms with E-state index in [-0.39, 0.29) is 6.61 Å². The van der Waals surface area contributed by atoms with Crippen LogP contribution in [0, 0.1) is 6.92 Å². The lowest BCUT2D eigenvalue weighted by molar-refractivity contribution is 0.171. The number of nitrogens with one attached hydrogen (secondary N) is 1. The van der Waals surface area contributed by atoms with E-state index >= 15 is 0 Å². The first kappa shape index (κ1) is 19.1. The molecule has 8 heteroatoms. The van der Waals surface area contributed by atoms with Crippen molar-refractivity contribution in [1.82, 2.24) is 15.4 Å². The lowest BCUT2D eigenvalue weighted by Crippen LogP contribution is -2.16. The quantitative estimate of drug-likeness (QED) is 0.521. The maximum atomic E-state index is 11.0. The van der Waals surface area contributed by atoms with Gasteiger partial charge in [0, 0.05) is 0 Å². The summed E-state index contributed by atoms with van der Waals surface area (Å²) in [7, 11) is 2.82. The molecular weight excluding hydrogens is 360 g/mol. The molecule has 0 bridgehead atoms. The predicted octanol–water partition coefficient (Wildman–Crippen LogP) is 3.22. The summed E-state index contributed by atoms with van der Waals surface area (Å²) in [6.45, 7) is 2.17. The van der Waals surface area contributed by atoms with Gasteiger partial charge in [-0.05, 0) is 42.8 Å². The topological polar surface area (TPSA) is 94.9 Å². The Morgan fingerprint density at radius 1 is 1.11 bits per heavy atom. The molecule has 0 saturated carbocycles. The van der Waals surface area contributed by atoms with Gasteiger partial charge >= 0.3 is 6.09 Å². The molecule has 3 rings (SSSR count). The molecule has 0 unspecified atom stereocenters. The van der Waals surface area contributed by atoms with Gasteiger partial charge in [-0.2, -0.15) is 5.10 Å². The van der Waals surface area contributed by atoms with Crippen LogP contribution in [0.4, 0.5) is 4.79 Å². The van der Waals surface area contributed by atoms with Crippen molar-refractivity contribution >= 4 is 23.3 Å². The normalized spacial score (nSPS) is 10.8. The minimum atomic E-state index is -0.643. The number of ether oxygens (including phenoxy) is 3. The molecule has 0 aliphatic rings. The zero-order valence-corrected chi connectivity index (χ0v) is 15.8. The number of rotatable bonds is 6. The molecule has 0 spiro atoms. The molecule has 1 heterocycles. The van der Waals surface area contributed by atoms with Gasteiger partial charge in [0.05, 0.1) is 42.9 Å². The van der Waals surface area contributed by atoms with Gasteiger partial charge in [0.25, 0.3) is 0 Å². The largest absolute Gasteiger partial charge is 0.493 e. The smallest absolute Gasteiger partial charge is 0.427 e. The van der Waals surface area contributed by atoms with Gasteiger partial charge in [-0.15, -0.1) is 0 Å². The van der Waals surface area contributed by atoms with Gasteiger partial charge in [0.1, 0.15) is 6.61 Å². The van der Waals surface area contributed by atoms with E-state index in [1.165, 1.54) is 13.3 Å². The maximum Gasteiger partial charge on any atom is 0.427 e. The Bertz CT molecular complexity index is 1020. The third-order valence-corrected chi connectivity index (χ3v) is 3.95. The number of nitrogens with zero attached hydrogens (tertiary/aromatic N) is 3. The van der Waals surface area contributed by atoms with Crippen molar-refractivity contribution in [3.05, 3.63) is 59.4 Å². The summed E-state index contributed by atoms with van der Waals surface area (Å²) in [5.41, 5.74) is 6.19. The number of aryl methyl sites for hydroxylation is 1. The number of amides is 1. The van der Waals surface area contributed by atoms with Crippen molar-refractivity contribution < 1.29 is 19.0 Å². The van der Waals surface area contributed by atoms with Gasteiger partial charge in [-0.25, -0.2) is 20.2 Å². The Labute approximate surface area is 162 Å². The maximum absolute atomic E-state index is 11.0. The van der Waals surface area contributed by atoms with Crippen LogP contribution in [0.5, 0.6) is 11.5 Å². The summed E-state index contributed by atoms with van der Waals surface area (Å²) < 4.78 is 15.7. The van der Waals surface area contributed by atoms with Gasteiger partial charge in [0.15, 0.2) is 11.5 Å². The molecule has 0 atom stereocenters. The van der Waals surface area contributed by atoms with Gasteiger partial charge in [-0.3, -0.25) is 0 Å². The Kier molecular flexibility index (Phi) is 6.01. The number of methoxy groups -OCH3 is 2. The van der Waals surface area contributed by atoms with Crippen LogP contribution in [-0.4, -0.2) is 36.5 Å². The molecule has 0 aliphatic heterocycles. The summed E-state index contributed by atoms with van der Waals surface area (Å²) in [5.74, 6) is 1.10. The highest BCUT2D eigenvalue weighted by Crippen LogP contribution is 2.28. The summed E-state index contributed by atoms with van der Waals surface area (Å²) in [6.07, 6.45) is 0.831. The fourth-order valence-electron chi connectivity index (χ4n) is 2.50. The Morgan fingerprint density at radius 2 is 1.86 bits per heavy atom. The Balaban J connectivity index is 1.73. The second-order valence-electron chi connectivity index (χ2n) is 5.80. The zero-order valence-electron chi connectivity index (χ0n) is 15.8. The average molecular weight is 380 g/mol. The first-order chi connectivity index (χ1) is 13.6. The van der Waals surface area contributed by atoms with Gasteiger partial charge < -0.3 is 14.2 Å². The second kappa shape index (κ2) is 8.81. The molecule has 1 N–H and O–H groups in total. The van der Waals surface area contributed by atoms with Gasteiger partial charge in [-0.1, -0.05) is 12.1 Å². The van der Waals surface area contributed by atoms with E-state index in [0.717, 1.165) is 28.0 Å². The van der Waals surface area contributed by atoms with Crippen molar-refractivity contribution in [2.45, 2.75) is 13.5 Å². The molecule has 1 aromatic heterocycles. The minimum absolute atomic E-state index is 0.261. The number of carbonyl (C=O) groups is 1. The van der Waals surface area contributed by atoms with Crippen LogP contribution in [0.2, 0.25) is 0 Å². The number of carbonyl (C=O) groups excluding carboxylic acids is 1. The number of fused-ring (bicyclic) bond motifs is 1. The SMILES string of the molecule is COC(=O)NN=Cc1ccc(OCc2nc3ccccc3nc2C)c(OC)c1. The number of benzene rings is 2. The van der Waals surface area contributed by atoms with Crippen LogP contribution >= 0.6 is 0 Å². The fourth-order valence-corrected chi connectivity index (χ4v) is 2.50. The van der Waals surface area contributed by atoms with Gasteiger partial charge in [0.2, 0.25) is 0 Å². The highest BCUT2D eigenvalue weighted by molar-refractivity contribution is 5.82. The molecule has 0 saturated heterocycles. The number of aromatic nitrogens is 2. The van der Waals surface area contributed by atoms with E-state index in [9.17, 15) is 4.79 Å². The monoisotopic (exact) mass is 380 g/mol. The standard InChI is InChI=1S/C20H20N4O4/c1-13-17(23-16-7-5-4-6-15(16)22-13)12-28-18-9-8-14(10-19(18)26-2)11-21-24-20(25)27-3/h4-11H,12H2,1-3H3,(H,24,25). The second-order valence-corrected chi connectivity index (χ2v) is 5.80. The van der Waals surface area contributed by atoms with Crippen LogP contribution in [0.3, 0.4) is 0 Å². The zero-order chi connectivity index (χ0) is 19.9. The molecule has 28 heavy (non-hydrogen) atoms. The minimum Gasteiger partial charge on any atom is -0.493 e. The van der Waals surface area contributed by atoms with E-state index < -0.39 is 6.09 Å². The highest BCUT2D eigenvalue weighted by Gasteiger charge is 2.09. The lowest BCUT2D eigenvalue weighted by atomic mass is 10.2. The summed E-state index contributed by atoms with van der Waals surface area (Å²) in [6, 6.07) is 13.0. The number of para-hydroxylation sites is 2. The molecule has 0 fully saturated rings. The predicted molar refractivity (Wildman–Crippen MR) is 105 cm³/mol. The summed E-state index contributed by atoms with van der Waals surface area (Å²) in [5, 5.41) is 3.79. The number of hydrazone groups is 1. The Morgan fingerprint density at radius 3 is 2.57 bits per heavy atom. The molecule has 3 aromatic rings. The van der Waals surface area contributed by atoms with Crippen molar-refractivity contribution in [3.63, 3.8) is 0 Å². The van der Waals surface area contributed by atoms with Crippen LogP contribution in [0.1, 0.15) is 17.0 Å². The van der Waals surface area contributed by atoms with Crippen molar-refractivity contribution in [1.29, 1.82) is 0 Å². The Hall–Kier alpha value is -3.68. The third-order valence-electron chi connectivity index (χ3n) is 3.95. The van der Waals surface area contributed by atoms with Crippen LogP contribution < -0.4 is 14.9 Å². The molecule has 2 aromatic carbocycles. The molecule has 0 aliphatic carbocycles. The fraction of sp³-hybridized carbons (Fsp3) is 0.200. The number of hydrogen-bond donors (Lipinski definition) is 1. The van der Waals surface area contributed by atoms with E-state index in [4.69, 9.17) is 9.47 Å². The molecule has 144 valence electrons. The van der Waals surface area contributed by atoms with Crippen LogP contribution in [-0.2, 0) is 11.3 Å². The van der Waals surface area contributed by atoms with E-state index in [1.54, 1.807) is 25.3 Å². The van der Waals surface area contributed by atoms with E-state index in [0.29, 0.717) is 11.5 Å². The summed E-state index contributed by atoms with van der Waals surface area (Å²) in [4.78, 5) is 20.2. The van der Waals surface area contributed by atoms with Crippen LogP contribution in [0.25, 0.3) is 11.0 Å². The first-order valence-corrected chi connectivity index (χ1v) is 8.51. The molecular formula is C20H20N4O4. The van der Waals surface area contributed by atoms with Crippen LogP contribution in [0.15, 0.2) is 47.6 Å².